The second-order valence-electron chi connectivity index (χ2n) is 7.62. The molecule has 2 aliphatic rings. The number of hydrogen-bond acceptors (Lipinski definition) is 12. The molecule has 5 N–H and O–H groups in total. The van der Waals surface area contributed by atoms with E-state index in [9.17, 15) is 10.0 Å². The predicted molar refractivity (Wildman–Crippen MR) is 115 cm³/mol. The molecular formula is C19H28N10O3. The number of hydroxylamine groups is 1. The summed E-state index contributed by atoms with van der Waals surface area (Å²) >= 11 is 0. The summed E-state index contributed by atoms with van der Waals surface area (Å²) in [7, 11) is 0. The second kappa shape index (κ2) is 10.5. The standard InChI is InChI=1S/C19H28N10O3/c20-18-22-11-13(12-23-18)16-24-15(25-19(26-16)29-7-9-32-10-8-29)2-1-14(17(30)27-31)28-5-3-21-4-6-28/h11-12,14,21,31H,1-10H2,(H,27,30)(H2,20,22,23). The highest BCUT2D eigenvalue weighted by atomic mass is 16.5. The van der Waals surface area contributed by atoms with Crippen molar-refractivity contribution in [2.75, 3.05) is 63.1 Å². The number of piperazine rings is 1. The topological polar surface area (TPSA) is 168 Å². The van der Waals surface area contributed by atoms with Crippen molar-refractivity contribution in [3.63, 3.8) is 0 Å². The third-order valence-electron chi connectivity index (χ3n) is 5.54. The van der Waals surface area contributed by atoms with Crippen LogP contribution in [-0.4, -0.2) is 99.5 Å². The number of carbonyl (C=O) groups excluding carboxylic acids is 1. The Morgan fingerprint density at radius 3 is 2.56 bits per heavy atom. The number of nitrogens with two attached hydrogens (primary N) is 1. The Hall–Kier alpha value is -3.00. The first-order valence-corrected chi connectivity index (χ1v) is 10.7. The zero-order chi connectivity index (χ0) is 22.3. The van der Waals surface area contributed by atoms with E-state index >= 15 is 0 Å². The number of ether oxygens (including phenoxy) is 1. The van der Waals surface area contributed by atoms with Gasteiger partial charge in [-0.25, -0.2) is 20.4 Å². The first kappa shape index (κ1) is 22.2. The minimum Gasteiger partial charge on any atom is -0.378 e. The molecule has 1 unspecified atom stereocenters. The maximum absolute atomic E-state index is 12.3. The quantitative estimate of drug-likeness (QED) is 0.287. The molecule has 0 bridgehead atoms. The smallest absolute Gasteiger partial charge is 0.260 e. The van der Waals surface area contributed by atoms with Crippen molar-refractivity contribution in [2.24, 2.45) is 0 Å². The van der Waals surface area contributed by atoms with Crippen molar-refractivity contribution in [3.05, 3.63) is 18.2 Å². The summed E-state index contributed by atoms with van der Waals surface area (Å²) in [6.45, 7) is 5.60. The maximum atomic E-state index is 12.3. The van der Waals surface area contributed by atoms with Crippen LogP contribution in [0.3, 0.4) is 0 Å². The van der Waals surface area contributed by atoms with Gasteiger partial charge >= 0.3 is 0 Å². The monoisotopic (exact) mass is 444 g/mol. The summed E-state index contributed by atoms with van der Waals surface area (Å²) in [6.07, 6.45) is 4.04. The number of aromatic nitrogens is 5. The van der Waals surface area contributed by atoms with Crippen molar-refractivity contribution in [3.8, 4) is 11.4 Å². The molecule has 32 heavy (non-hydrogen) atoms. The number of rotatable bonds is 7. The van der Waals surface area contributed by atoms with Crippen LogP contribution in [0.15, 0.2) is 12.4 Å². The number of nitrogens with one attached hydrogen (secondary N) is 2. The van der Waals surface area contributed by atoms with E-state index in [1.807, 2.05) is 4.90 Å². The van der Waals surface area contributed by atoms with Gasteiger partial charge in [-0.3, -0.25) is 14.9 Å². The zero-order valence-electron chi connectivity index (χ0n) is 17.8. The molecule has 13 heteroatoms. The number of anilines is 2. The first-order valence-electron chi connectivity index (χ1n) is 10.7. The van der Waals surface area contributed by atoms with Crippen LogP contribution in [0, 0.1) is 0 Å². The number of nitrogens with zero attached hydrogens (tertiary/aromatic N) is 7. The third kappa shape index (κ3) is 5.43. The summed E-state index contributed by atoms with van der Waals surface area (Å²) in [5.74, 6) is 1.29. The van der Waals surface area contributed by atoms with Crippen LogP contribution >= 0.6 is 0 Å². The van der Waals surface area contributed by atoms with Gasteiger partial charge in [0.15, 0.2) is 5.82 Å². The first-order chi connectivity index (χ1) is 15.6. The maximum Gasteiger partial charge on any atom is 0.260 e. The van der Waals surface area contributed by atoms with Crippen molar-refractivity contribution >= 4 is 17.8 Å². The van der Waals surface area contributed by atoms with Crippen LogP contribution in [0.2, 0.25) is 0 Å². The number of aryl methyl sites for hydroxylation is 1. The van der Waals surface area contributed by atoms with E-state index in [0.717, 1.165) is 26.2 Å². The summed E-state index contributed by atoms with van der Waals surface area (Å²) < 4.78 is 5.44. The van der Waals surface area contributed by atoms with Gasteiger partial charge in [-0.05, 0) is 6.42 Å². The van der Waals surface area contributed by atoms with Gasteiger partial charge in [0.05, 0.1) is 24.8 Å². The van der Waals surface area contributed by atoms with Crippen molar-refractivity contribution in [1.82, 2.24) is 40.6 Å². The van der Waals surface area contributed by atoms with Crippen molar-refractivity contribution in [1.29, 1.82) is 0 Å². The summed E-state index contributed by atoms with van der Waals surface area (Å²) in [5.41, 5.74) is 8.04. The highest BCUT2D eigenvalue weighted by Gasteiger charge is 2.27. The molecule has 2 fully saturated rings. The number of morpholine rings is 1. The fraction of sp³-hybridized carbons (Fsp3) is 0.579. The van der Waals surface area contributed by atoms with Gasteiger partial charge in [-0.2, -0.15) is 9.97 Å². The molecule has 0 aliphatic carbocycles. The lowest BCUT2D eigenvalue weighted by Gasteiger charge is -2.33. The minimum absolute atomic E-state index is 0.172. The minimum atomic E-state index is -0.478. The molecule has 1 atom stereocenters. The molecule has 4 rings (SSSR count). The van der Waals surface area contributed by atoms with Gasteiger partial charge in [0.2, 0.25) is 11.9 Å². The predicted octanol–water partition coefficient (Wildman–Crippen LogP) is -1.54. The molecule has 0 spiro atoms. The van der Waals surface area contributed by atoms with Gasteiger partial charge in [0, 0.05) is 58.1 Å². The van der Waals surface area contributed by atoms with Gasteiger partial charge in [0.1, 0.15) is 5.82 Å². The van der Waals surface area contributed by atoms with E-state index in [0.29, 0.717) is 62.3 Å². The Morgan fingerprint density at radius 2 is 1.88 bits per heavy atom. The van der Waals surface area contributed by atoms with Crippen LogP contribution in [0.5, 0.6) is 0 Å². The Kier molecular flexibility index (Phi) is 7.32. The van der Waals surface area contributed by atoms with Crippen LogP contribution in [0.25, 0.3) is 11.4 Å². The second-order valence-corrected chi connectivity index (χ2v) is 7.62. The lowest BCUT2D eigenvalue weighted by atomic mass is 10.1. The molecule has 172 valence electrons. The third-order valence-corrected chi connectivity index (χ3v) is 5.54. The molecule has 0 saturated carbocycles. The summed E-state index contributed by atoms with van der Waals surface area (Å²) in [5, 5.41) is 12.5. The fourth-order valence-electron chi connectivity index (χ4n) is 3.82. The fourth-order valence-corrected chi connectivity index (χ4v) is 3.82. The van der Waals surface area contributed by atoms with E-state index in [1.54, 1.807) is 17.9 Å². The number of amides is 1. The molecule has 2 aliphatic heterocycles. The highest BCUT2D eigenvalue weighted by molar-refractivity contribution is 5.80. The van der Waals surface area contributed by atoms with Gasteiger partial charge in [-0.1, -0.05) is 0 Å². The molecule has 1 amide bonds. The van der Waals surface area contributed by atoms with Crippen LogP contribution < -0.4 is 21.4 Å². The van der Waals surface area contributed by atoms with Crippen LogP contribution in [0.4, 0.5) is 11.9 Å². The zero-order valence-corrected chi connectivity index (χ0v) is 17.8. The molecule has 2 saturated heterocycles. The SMILES string of the molecule is Nc1ncc(-c2nc(CCC(C(=O)NO)N3CCNCC3)nc(N3CCOCC3)n2)cn1. The van der Waals surface area contributed by atoms with Gasteiger partial charge in [-0.15, -0.1) is 0 Å². The molecular weight excluding hydrogens is 416 g/mol. The molecule has 0 aromatic carbocycles. The highest BCUT2D eigenvalue weighted by Crippen LogP contribution is 2.19. The molecule has 0 radical (unpaired) electrons. The summed E-state index contributed by atoms with van der Waals surface area (Å²) in [6, 6.07) is -0.478. The molecule has 2 aromatic heterocycles. The van der Waals surface area contributed by atoms with E-state index in [4.69, 9.17) is 10.5 Å². The number of carbonyl (C=O) groups is 1. The lowest BCUT2D eigenvalue weighted by molar-refractivity contribution is -0.135. The van der Waals surface area contributed by atoms with E-state index < -0.39 is 11.9 Å². The molecule has 2 aromatic rings. The Labute approximate surface area is 185 Å². The molecule has 13 nitrogen and oxygen atoms in total. The van der Waals surface area contributed by atoms with Crippen LogP contribution in [-0.2, 0) is 16.0 Å². The average Bonchev–Trinajstić information content (AvgIpc) is 2.85. The van der Waals surface area contributed by atoms with E-state index in [-0.39, 0.29) is 5.95 Å². The van der Waals surface area contributed by atoms with Crippen LogP contribution in [0.1, 0.15) is 12.2 Å². The normalized spacial score (nSPS) is 18.3. The largest absolute Gasteiger partial charge is 0.378 e. The summed E-state index contributed by atoms with van der Waals surface area (Å²) in [4.78, 5) is 38.4. The Balaban J connectivity index is 1.58. The van der Waals surface area contributed by atoms with Gasteiger partial charge in [0.25, 0.3) is 5.91 Å². The lowest BCUT2D eigenvalue weighted by Crippen LogP contribution is -2.53. The van der Waals surface area contributed by atoms with E-state index in [2.05, 4.69) is 35.1 Å². The van der Waals surface area contributed by atoms with E-state index in [1.165, 1.54) is 0 Å². The van der Waals surface area contributed by atoms with Gasteiger partial charge < -0.3 is 20.7 Å². The molecule has 4 heterocycles. The van der Waals surface area contributed by atoms with Crippen molar-refractivity contribution in [2.45, 2.75) is 18.9 Å². The average molecular weight is 445 g/mol. The Morgan fingerprint density at radius 1 is 1.16 bits per heavy atom. The number of nitrogen functional groups attached to an aromatic ring is 1. The van der Waals surface area contributed by atoms with Crippen molar-refractivity contribution < 1.29 is 14.7 Å². The number of hydrogen-bond donors (Lipinski definition) is 4. The Bertz CT molecular complexity index is 901.